The van der Waals surface area contributed by atoms with E-state index in [1.807, 2.05) is 0 Å². The van der Waals surface area contributed by atoms with Gasteiger partial charge in [0.1, 0.15) is 0 Å². The fourth-order valence-electron chi connectivity index (χ4n) is 1.76. The Hall–Kier alpha value is -0.541. The van der Waals surface area contributed by atoms with E-state index in [1.165, 1.54) is 38.5 Å². The van der Waals surface area contributed by atoms with E-state index in [1.54, 1.807) is 0 Å². The topological polar surface area (TPSA) is 74.6 Å². The average molecular weight is 369 g/mol. The standard InChI is InChI=1S/2C8H16O2.H2Se/c2*1-2-3-4-5-6-7-8(9)10;/h2*2-7H2,1H3,(H,9,10);1H2. The molecule has 0 aromatic heterocycles. The zero-order valence-electron chi connectivity index (χ0n) is 13.7. The molecule has 0 unspecified atom stereocenters. The molecule has 0 fully saturated rings. The molecule has 0 radical (unpaired) electrons. The summed E-state index contributed by atoms with van der Waals surface area (Å²) >= 11 is 0. The first kappa shape index (κ1) is 25.4. The monoisotopic (exact) mass is 370 g/mol. The van der Waals surface area contributed by atoms with Crippen LogP contribution in [0, 0.1) is 0 Å². The van der Waals surface area contributed by atoms with Gasteiger partial charge >= 0.3 is 29.0 Å². The summed E-state index contributed by atoms with van der Waals surface area (Å²) in [5.41, 5.74) is 0. The molecule has 0 saturated heterocycles. The maximum atomic E-state index is 10.0. The van der Waals surface area contributed by atoms with Gasteiger partial charge in [-0.1, -0.05) is 65.2 Å². The molecule has 5 heteroatoms. The molecule has 0 atom stereocenters. The number of hydrogen-bond donors (Lipinski definition) is 2. The van der Waals surface area contributed by atoms with Crippen LogP contribution >= 0.6 is 0 Å². The van der Waals surface area contributed by atoms with Gasteiger partial charge in [0, 0.05) is 12.8 Å². The number of carboxylic acids is 2. The van der Waals surface area contributed by atoms with Gasteiger partial charge in [-0.15, -0.1) is 0 Å². The van der Waals surface area contributed by atoms with Crippen molar-refractivity contribution in [1.29, 1.82) is 0 Å². The third-order valence-electron chi connectivity index (χ3n) is 2.99. The van der Waals surface area contributed by atoms with Crippen molar-refractivity contribution in [3.8, 4) is 0 Å². The molecule has 4 nitrogen and oxygen atoms in total. The van der Waals surface area contributed by atoms with Crippen LogP contribution in [0.3, 0.4) is 0 Å². The van der Waals surface area contributed by atoms with Crippen LogP contribution in [0.4, 0.5) is 0 Å². The van der Waals surface area contributed by atoms with Crippen LogP contribution in [0.25, 0.3) is 0 Å². The van der Waals surface area contributed by atoms with Crippen molar-refractivity contribution in [2.24, 2.45) is 0 Å². The van der Waals surface area contributed by atoms with Crippen molar-refractivity contribution in [3.05, 3.63) is 0 Å². The Balaban J connectivity index is -0.000000295. The van der Waals surface area contributed by atoms with Gasteiger partial charge in [0.05, 0.1) is 0 Å². The number of aliphatic carboxylic acids is 2. The van der Waals surface area contributed by atoms with E-state index in [0.29, 0.717) is 12.8 Å². The molecule has 0 aliphatic rings. The van der Waals surface area contributed by atoms with E-state index in [9.17, 15) is 9.59 Å². The first-order valence-electron chi connectivity index (χ1n) is 7.98. The first-order valence-corrected chi connectivity index (χ1v) is 7.98. The number of rotatable bonds is 12. The normalized spacial score (nSPS) is 9.24. The van der Waals surface area contributed by atoms with E-state index in [4.69, 9.17) is 10.2 Å². The Morgan fingerprint density at radius 3 is 1.14 bits per heavy atom. The fourth-order valence-corrected chi connectivity index (χ4v) is 1.76. The number of carbonyl (C=O) groups is 2. The van der Waals surface area contributed by atoms with Crippen LogP contribution in [-0.2, 0) is 9.59 Å². The molecular weight excluding hydrogens is 335 g/mol. The predicted molar refractivity (Wildman–Crippen MR) is 90.6 cm³/mol. The zero-order chi connectivity index (χ0) is 15.6. The Labute approximate surface area is 140 Å². The summed E-state index contributed by atoms with van der Waals surface area (Å²) < 4.78 is 0. The molecular formula is C16H34O4Se. The maximum absolute atomic E-state index is 10.0. The van der Waals surface area contributed by atoms with Gasteiger partial charge in [0.2, 0.25) is 0 Å². The molecule has 0 aliphatic carbocycles. The molecule has 21 heavy (non-hydrogen) atoms. The molecule has 0 aliphatic heterocycles. The second kappa shape index (κ2) is 21.8. The third-order valence-corrected chi connectivity index (χ3v) is 2.99. The Morgan fingerprint density at radius 2 is 0.905 bits per heavy atom. The van der Waals surface area contributed by atoms with Crippen LogP contribution < -0.4 is 0 Å². The van der Waals surface area contributed by atoms with Crippen molar-refractivity contribution in [2.45, 2.75) is 90.9 Å². The molecule has 0 bridgehead atoms. The molecule has 0 aromatic carbocycles. The minimum atomic E-state index is -0.670. The Kier molecular flexibility index (Phi) is 26.3. The molecule has 0 rings (SSSR count). The molecule has 0 heterocycles. The second-order valence-electron chi connectivity index (χ2n) is 5.12. The van der Waals surface area contributed by atoms with Gasteiger partial charge < -0.3 is 10.2 Å². The summed E-state index contributed by atoms with van der Waals surface area (Å²) in [6, 6.07) is 0. The third kappa shape index (κ3) is 32.7. The van der Waals surface area contributed by atoms with E-state index >= 15 is 0 Å². The van der Waals surface area contributed by atoms with Crippen molar-refractivity contribution in [1.82, 2.24) is 0 Å². The van der Waals surface area contributed by atoms with Gasteiger partial charge in [-0.2, -0.15) is 0 Å². The van der Waals surface area contributed by atoms with E-state index < -0.39 is 11.9 Å². The van der Waals surface area contributed by atoms with Crippen molar-refractivity contribution >= 4 is 29.0 Å². The van der Waals surface area contributed by atoms with E-state index in [0.717, 1.165) is 25.7 Å². The SMILES string of the molecule is CCCCCCCC(=O)O.CCCCCCCC(=O)O.[SeH2]. The van der Waals surface area contributed by atoms with E-state index in [-0.39, 0.29) is 17.1 Å². The summed E-state index contributed by atoms with van der Waals surface area (Å²) in [6.07, 6.45) is 11.8. The molecule has 0 spiro atoms. The number of unbranched alkanes of at least 4 members (excludes halogenated alkanes) is 8. The average Bonchev–Trinajstić information content (AvgIpc) is 2.38. The van der Waals surface area contributed by atoms with Gasteiger partial charge in [0.25, 0.3) is 0 Å². The predicted octanol–water partition coefficient (Wildman–Crippen LogP) is 3.95. The zero-order valence-corrected chi connectivity index (χ0v) is 15.8. The molecule has 0 saturated carbocycles. The van der Waals surface area contributed by atoms with Crippen LogP contribution in [-0.4, -0.2) is 39.2 Å². The summed E-state index contributed by atoms with van der Waals surface area (Å²) in [7, 11) is 0. The van der Waals surface area contributed by atoms with E-state index in [2.05, 4.69) is 13.8 Å². The fraction of sp³-hybridized carbons (Fsp3) is 0.875. The van der Waals surface area contributed by atoms with Crippen molar-refractivity contribution < 1.29 is 19.8 Å². The summed E-state index contributed by atoms with van der Waals surface area (Å²) in [5.74, 6) is -1.34. The molecule has 128 valence electrons. The van der Waals surface area contributed by atoms with Gasteiger partial charge in [-0.3, -0.25) is 9.59 Å². The van der Waals surface area contributed by atoms with Gasteiger partial charge in [-0.05, 0) is 12.8 Å². The van der Waals surface area contributed by atoms with Crippen LogP contribution in [0.2, 0.25) is 0 Å². The summed E-state index contributed by atoms with van der Waals surface area (Å²) in [6.45, 7) is 4.30. The number of hydrogen-bond acceptors (Lipinski definition) is 2. The molecule has 2 N–H and O–H groups in total. The second-order valence-corrected chi connectivity index (χ2v) is 5.12. The minimum absolute atomic E-state index is 0. The quantitative estimate of drug-likeness (QED) is 0.404. The van der Waals surface area contributed by atoms with Crippen LogP contribution in [0.15, 0.2) is 0 Å². The van der Waals surface area contributed by atoms with Crippen molar-refractivity contribution in [2.75, 3.05) is 0 Å². The number of carboxylic acid groups (broad SMARTS) is 2. The Morgan fingerprint density at radius 1 is 0.619 bits per heavy atom. The molecule has 0 aromatic rings. The van der Waals surface area contributed by atoms with Crippen molar-refractivity contribution in [3.63, 3.8) is 0 Å². The Bertz CT molecular complexity index is 208. The van der Waals surface area contributed by atoms with Crippen LogP contribution in [0.1, 0.15) is 90.9 Å². The van der Waals surface area contributed by atoms with Crippen LogP contribution in [0.5, 0.6) is 0 Å². The van der Waals surface area contributed by atoms with Gasteiger partial charge in [-0.25, -0.2) is 0 Å². The molecule has 0 amide bonds. The summed E-state index contributed by atoms with van der Waals surface area (Å²) in [4.78, 5) is 20.1. The summed E-state index contributed by atoms with van der Waals surface area (Å²) in [5, 5.41) is 16.5. The van der Waals surface area contributed by atoms with Gasteiger partial charge in [0.15, 0.2) is 0 Å². The first-order chi connectivity index (χ1) is 9.54.